The Kier molecular flexibility index (Phi) is 3.56. The van der Waals surface area contributed by atoms with Crippen molar-refractivity contribution in [2.45, 2.75) is 19.3 Å². The van der Waals surface area contributed by atoms with Gasteiger partial charge in [-0.05, 0) is 50.4 Å². The summed E-state index contributed by atoms with van der Waals surface area (Å²) >= 11 is 0. The monoisotopic (exact) mass is 293 g/mol. The van der Waals surface area contributed by atoms with Gasteiger partial charge in [0.1, 0.15) is 6.33 Å². The Balaban J connectivity index is 1.56. The third kappa shape index (κ3) is 2.60. The smallest absolute Gasteiger partial charge is 0.156 e. The van der Waals surface area contributed by atoms with Gasteiger partial charge in [-0.3, -0.25) is 9.55 Å². The summed E-state index contributed by atoms with van der Waals surface area (Å²) in [5, 5.41) is 3.45. The zero-order valence-corrected chi connectivity index (χ0v) is 12.4. The summed E-state index contributed by atoms with van der Waals surface area (Å²) in [7, 11) is 0. The Bertz CT molecular complexity index is 756. The van der Waals surface area contributed by atoms with Gasteiger partial charge in [-0.1, -0.05) is 12.1 Å². The molecular weight excluding hydrogens is 274 g/mol. The predicted molar refractivity (Wildman–Crippen MR) is 86.0 cm³/mol. The van der Waals surface area contributed by atoms with Crippen molar-refractivity contribution in [2.24, 2.45) is 5.92 Å². The number of hydrogen-bond acceptors (Lipinski definition) is 4. The van der Waals surface area contributed by atoms with Crippen molar-refractivity contribution < 1.29 is 0 Å². The fraction of sp³-hybridized carbons (Fsp3) is 0.353. The lowest BCUT2D eigenvalue weighted by atomic mass is 9.95. The first kappa shape index (κ1) is 13.4. The molecule has 22 heavy (non-hydrogen) atoms. The molecule has 0 spiro atoms. The largest absolute Gasteiger partial charge is 0.316 e. The van der Waals surface area contributed by atoms with Crippen molar-refractivity contribution in [1.82, 2.24) is 24.8 Å². The molecule has 1 saturated heterocycles. The van der Waals surface area contributed by atoms with Gasteiger partial charge in [-0.25, -0.2) is 9.97 Å². The lowest BCUT2D eigenvalue weighted by Gasteiger charge is -2.22. The topological polar surface area (TPSA) is 55.6 Å². The van der Waals surface area contributed by atoms with E-state index in [0.717, 1.165) is 42.1 Å². The van der Waals surface area contributed by atoms with Gasteiger partial charge in [0.05, 0.1) is 29.1 Å². The maximum Gasteiger partial charge on any atom is 0.156 e. The Morgan fingerprint density at radius 1 is 1.14 bits per heavy atom. The molecule has 3 heterocycles. The van der Waals surface area contributed by atoms with Crippen LogP contribution in [0.4, 0.5) is 0 Å². The molecule has 0 saturated carbocycles. The van der Waals surface area contributed by atoms with Crippen LogP contribution in [-0.4, -0.2) is 32.6 Å². The highest BCUT2D eigenvalue weighted by atomic mass is 15.1. The van der Waals surface area contributed by atoms with Gasteiger partial charge in [0, 0.05) is 0 Å². The van der Waals surface area contributed by atoms with Crippen molar-refractivity contribution in [3.8, 4) is 5.82 Å². The molecule has 5 nitrogen and oxygen atoms in total. The van der Waals surface area contributed by atoms with Crippen molar-refractivity contribution >= 4 is 11.0 Å². The number of fused-ring (bicyclic) bond motifs is 1. The first-order valence-electron chi connectivity index (χ1n) is 7.84. The summed E-state index contributed by atoms with van der Waals surface area (Å²) in [6.07, 6.45) is 9.10. The summed E-state index contributed by atoms with van der Waals surface area (Å²) < 4.78 is 1.98. The standard InChI is InChI=1S/C17H19N5/c1-2-6-16-15(5-1)21-12-22(16)17-11-19-14(10-20-17)8-13-4-3-7-18-9-13/h1-2,5-6,10-13,18H,3-4,7-9H2. The van der Waals surface area contributed by atoms with Crippen LogP contribution >= 0.6 is 0 Å². The van der Waals surface area contributed by atoms with Crippen molar-refractivity contribution in [3.05, 3.63) is 48.7 Å². The fourth-order valence-electron chi connectivity index (χ4n) is 3.11. The Morgan fingerprint density at radius 2 is 2.09 bits per heavy atom. The minimum absolute atomic E-state index is 0.683. The third-order valence-electron chi connectivity index (χ3n) is 4.29. The number of piperidine rings is 1. The first-order valence-corrected chi connectivity index (χ1v) is 7.84. The molecule has 1 aliphatic rings. The summed E-state index contributed by atoms with van der Waals surface area (Å²) in [5.41, 5.74) is 3.10. The van der Waals surface area contributed by atoms with Crippen LogP contribution in [0.25, 0.3) is 16.9 Å². The second-order valence-corrected chi connectivity index (χ2v) is 5.89. The van der Waals surface area contributed by atoms with Gasteiger partial charge >= 0.3 is 0 Å². The van der Waals surface area contributed by atoms with Crippen LogP contribution in [0.15, 0.2) is 43.0 Å². The molecule has 0 bridgehead atoms. The molecule has 1 fully saturated rings. The van der Waals surface area contributed by atoms with Crippen LogP contribution in [0.5, 0.6) is 0 Å². The van der Waals surface area contributed by atoms with E-state index in [-0.39, 0.29) is 0 Å². The lowest BCUT2D eigenvalue weighted by Crippen LogP contribution is -2.31. The minimum atomic E-state index is 0.683. The number of nitrogens with one attached hydrogen (secondary N) is 1. The van der Waals surface area contributed by atoms with E-state index in [0.29, 0.717) is 5.92 Å². The van der Waals surface area contributed by atoms with Crippen LogP contribution < -0.4 is 5.32 Å². The number of nitrogens with zero attached hydrogens (tertiary/aromatic N) is 4. The zero-order chi connectivity index (χ0) is 14.8. The molecule has 112 valence electrons. The Labute approximate surface area is 129 Å². The fourth-order valence-corrected chi connectivity index (χ4v) is 3.11. The molecule has 1 aromatic carbocycles. The molecule has 5 heteroatoms. The molecule has 1 unspecified atom stereocenters. The number of benzene rings is 1. The molecule has 3 aromatic rings. The predicted octanol–water partition coefficient (Wildman–Crippen LogP) is 2.36. The molecular formula is C17H19N5. The highest BCUT2D eigenvalue weighted by Crippen LogP contribution is 2.17. The highest BCUT2D eigenvalue weighted by Gasteiger charge is 2.14. The third-order valence-corrected chi connectivity index (χ3v) is 4.29. The number of aromatic nitrogens is 4. The van der Waals surface area contributed by atoms with E-state index >= 15 is 0 Å². The summed E-state index contributed by atoms with van der Waals surface area (Å²) in [5.74, 6) is 1.50. The molecule has 0 aliphatic carbocycles. The summed E-state index contributed by atoms with van der Waals surface area (Å²) in [4.78, 5) is 13.6. The Hall–Kier alpha value is -2.27. The van der Waals surface area contributed by atoms with E-state index in [1.165, 1.54) is 12.8 Å². The number of para-hydroxylation sites is 2. The highest BCUT2D eigenvalue weighted by molar-refractivity contribution is 5.76. The van der Waals surface area contributed by atoms with E-state index in [1.54, 1.807) is 6.33 Å². The average Bonchev–Trinajstić information content (AvgIpc) is 3.01. The maximum atomic E-state index is 4.60. The van der Waals surface area contributed by atoms with Gasteiger partial charge < -0.3 is 5.32 Å². The maximum absolute atomic E-state index is 4.60. The molecule has 0 amide bonds. The molecule has 0 radical (unpaired) electrons. The van der Waals surface area contributed by atoms with E-state index in [1.807, 2.05) is 41.2 Å². The average molecular weight is 293 g/mol. The van der Waals surface area contributed by atoms with Crippen LogP contribution in [0, 0.1) is 5.92 Å². The number of rotatable bonds is 3. The van der Waals surface area contributed by atoms with E-state index in [9.17, 15) is 0 Å². The summed E-state index contributed by atoms with van der Waals surface area (Å²) in [6, 6.07) is 8.06. The van der Waals surface area contributed by atoms with Crippen LogP contribution in [-0.2, 0) is 6.42 Å². The lowest BCUT2D eigenvalue weighted by molar-refractivity contribution is 0.373. The Morgan fingerprint density at radius 3 is 2.91 bits per heavy atom. The quantitative estimate of drug-likeness (QED) is 0.805. The second-order valence-electron chi connectivity index (χ2n) is 5.89. The van der Waals surface area contributed by atoms with Crippen LogP contribution in [0.2, 0.25) is 0 Å². The van der Waals surface area contributed by atoms with Crippen molar-refractivity contribution in [3.63, 3.8) is 0 Å². The van der Waals surface area contributed by atoms with Crippen LogP contribution in [0.3, 0.4) is 0 Å². The normalized spacial score (nSPS) is 18.6. The van der Waals surface area contributed by atoms with Gasteiger partial charge in [0.15, 0.2) is 5.82 Å². The summed E-state index contributed by atoms with van der Waals surface area (Å²) in [6.45, 7) is 2.24. The van der Waals surface area contributed by atoms with Crippen molar-refractivity contribution in [2.75, 3.05) is 13.1 Å². The van der Waals surface area contributed by atoms with Crippen LogP contribution in [0.1, 0.15) is 18.5 Å². The van der Waals surface area contributed by atoms with Gasteiger partial charge in [0.25, 0.3) is 0 Å². The first-order chi connectivity index (χ1) is 10.9. The number of hydrogen-bond donors (Lipinski definition) is 1. The molecule has 1 aliphatic heterocycles. The zero-order valence-electron chi connectivity index (χ0n) is 12.4. The van der Waals surface area contributed by atoms with Gasteiger partial charge in [0.2, 0.25) is 0 Å². The molecule has 1 N–H and O–H groups in total. The molecule has 2 aromatic heterocycles. The van der Waals surface area contributed by atoms with E-state index < -0.39 is 0 Å². The SMILES string of the molecule is c1ccc2c(c1)ncn2-c1cnc(CC2CCCNC2)cn1. The minimum Gasteiger partial charge on any atom is -0.316 e. The number of imidazole rings is 1. The van der Waals surface area contributed by atoms with Gasteiger partial charge in [-0.15, -0.1) is 0 Å². The van der Waals surface area contributed by atoms with E-state index in [4.69, 9.17) is 0 Å². The molecule has 1 atom stereocenters. The second kappa shape index (κ2) is 5.85. The van der Waals surface area contributed by atoms with Gasteiger partial charge in [-0.2, -0.15) is 0 Å². The van der Waals surface area contributed by atoms with Crippen molar-refractivity contribution in [1.29, 1.82) is 0 Å². The van der Waals surface area contributed by atoms with E-state index in [2.05, 4.69) is 20.3 Å². The molecule has 4 rings (SSSR count).